The summed E-state index contributed by atoms with van der Waals surface area (Å²) < 4.78 is 11.1. The van der Waals surface area contributed by atoms with Gasteiger partial charge in [0.1, 0.15) is 0 Å². The van der Waals surface area contributed by atoms with E-state index in [1.165, 1.54) is 24.0 Å². The van der Waals surface area contributed by atoms with Gasteiger partial charge in [-0.05, 0) is 36.5 Å². The first-order valence-corrected chi connectivity index (χ1v) is 6.42. The van der Waals surface area contributed by atoms with Gasteiger partial charge in [0.05, 0.1) is 0 Å². The third kappa shape index (κ3) is 3.30. The molecule has 0 fully saturated rings. The number of unbranched alkanes of at least 4 members (excludes halogenated alkanes) is 1. The van der Waals surface area contributed by atoms with Gasteiger partial charge in [-0.1, -0.05) is 38.5 Å². The monoisotopic (exact) mass is 236 g/mol. The fourth-order valence-electron chi connectivity index (χ4n) is 2.14. The van der Waals surface area contributed by atoms with Gasteiger partial charge in [0.25, 0.3) is 0 Å². The lowest BCUT2D eigenvalue weighted by Crippen LogP contribution is -2.33. The number of hydrogen-bond acceptors (Lipinski definition) is 2. The first kappa shape index (κ1) is 14.2. The molecule has 0 aromatic heterocycles. The Labute approximate surface area is 105 Å². The first-order valence-electron chi connectivity index (χ1n) is 6.42. The molecular formula is C15H24O2. The van der Waals surface area contributed by atoms with E-state index in [0.717, 1.165) is 12.8 Å². The van der Waals surface area contributed by atoms with Gasteiger partial charge in [0.2, 0.25) is 5.79 Å². The van der Waals surface area contributed by atoms with Gasteiger partial charge >= 0.3 is 0 Å². The van der Waals surface area contributed by atoms with Crippen LogP contribution in [0.2, 0.25) is 0 Å². The number of hydrogen-bond donors (Lipinski definition) is 0. The van der Waals surface area contributed by atoms with E-state index in [0.29, 0.717) is 0 Å². The van der Waals surface area contributed by atoms with Crippen molar-refractivity contribution in [2.24, 2.45) is 0 Å². The minimum absolute atomic E-state index is 0.681. The van der Waals surface area contributed by atoms with Crippen LogP contribution in [0, 0.1) is 0 Å². The summed E-state index contributed by atoms with van der Waals surface area (Å²) in [6.45, 7) is 4.35. The molecule has 0 saturated carbocycles. The molecule has 0 unspecified atom stereocenters. The molecular weight excluding hydrogens is 212 g/mol. The molecule has 0 aromatic rings. The van der Waals surface area contributed by atoms with E-state index < -0.39 is 5.79 Å². The van der Waals surface area contributed by atoms with Gasteiger partial charge in [-0.2, -0.15) is 0 Å². The van der Waals surface area contributed by atoms with Gasteiger partial charge in [-0.25, -0.2) is 0 Å². The Kier molecular flexibility index (Phi) is 5.66. The Morgan fingerprint density at radius 1 is 1.18 bits per heavy atom. The molecule has 1 aliphatic carbocycles. The van der Waals surface area contributed by atoms with Crippen LogP contribution >= 0.6 is 0 Å². The highest BCUT2D eigenvalue weighted by Gasteiger charge is 2.31. The van der Waals surface area contributed by atoms with Crippen LogP contribution in [0.3, 0.4) is 0 Å². The minimum atomic E-state index is -0.681. The normalized spacial score (nSPS) is 18.6. The van der Waals surface area contributed by atoms with Crippen molar-refractivity contribution in [3.8, 4) is 0 Å². The Morgan fingerprint density at radius 2 is 1.88 bits per heavy atom. The van der Waals surface area contributed by atoms with Crippen LogP contribution in [0.4, 0.5) is 0 Å². The molecule has 0 heterocycles. The molecule has 2 nitrogen and oxygen atoms in total. The molecule has 0 radical (unpaired) electrons. The molecule has 96 valence electrons. The summed E-state index contributed by atoms with van der Waals surface area (Å²) >= 11 is 0. The molecule has 17 heavy (non-hydrogen) atoms. The Bertz CT molecular complexity index is 320. The highest BCUT2D eigenvalue weighted by molar-refractivity contribution is 5.37. The van der Waals surface area contributed by atoms with Gasteiger partial charge in [0.15, 0.2) is 0 Å². The average molecular weight is 236 g/mol. The zero-order chi connectivity index (χ0) is 12.7. The second-order valence-electron chi connectivity index (χ2n) is 4.30. The lowest BCUT2D eigenvalue weighted by Gasteiger charge is -2.29. The van der Waals surface area contributed by atoms with E-state index in [1.807, 2.05) is 12.2 Å². The predicted octanol–water partition coefficient (Wildman–Crippen LogP) is 4.00. The molecule has 0 aromatic carbocycles. The van der Waals surface area contributed by atoms with Crippen LogP contribution in [-0.4, -0.2) is 20.0 Å². The fraction of sp³-hybridized carbons (Fsp3) is 0.600. The maximum Gasteiger partial charge on any atom is 0.211 e. The smallest absolute Gasteiger partial charge is 0.211 e. The van der Waals surface area contributed by atoms with Crippen molar-refractivity contribution in [3.63, 3.8) is 0 Å². The minimum Gasteiger partial charge on any atom is -0.346 e. The fourth-order valence-corrected chi connectivity index (χ4v) is 2.14. The van der Waals surface area contributed by atoms with Crippen LogP contribution < -0.4 is 0 Å². The van der Waals surface area contributed by atoms with E-state index in [9.17, 15) is 0 Å². The zero-order valence-electron chi connectivity index (χ0n) is 11.5. The molecule has 2 heteroatoms. The molecule has 1 aliphatic rings. The molecule has 0 saturated heterocycles. The summed E-state index contributed by atoms with van der Waals surface area (Å²) in [5, 5.41) is 0. The second-order valence-corrected chi connectivity index (χ2v) is 4.30. The molecule has 0 N–H and O–H groups in total. The van der Waals surface area contributed by atoms with Crippen molar-refractivity contribution >= 4 is 0 Å². The molecule has 1 rings (SSSR count). The van der Waals surface area contributed by atoms with Crippen LogP contribution in [0.25, 0.3) is 0 Å². The van der Waals surface area contributed by atoms with Gasteiger partial charge in [-0.3, -0.25) is 0 Å². The number of methoxy groups -OCH3 is 2. The highest BCUT2D eigenvalue weighted by Crippen LogP contribution is 2.30. The predicted molar refractivity (Wildman–Crippen MR) is 71.9 cm³/mol. The maximum atomic E-state index is 5.55. The molecule has 0 spiro atoms. The van der Waals surface area contributed by atoms with Gasteiger partial charge in [0, 0.05) is 14.2 Å². The van der Waals surface area contributed by atoms with E-state index in [1.54, 1.807) is 14.2 Å². The average Bonchev–Trinajstić information content (AvgIpc) is 2.55. The topological polar surface area (TPSA) is 18.5 Å². The van der Waals surface area contributed by atoms with Crippen molar-refractivity contribution < 1.29 is 9.47 Å². The zero-order valence-corrected chi connectivity index (χ0v) is 11.5. The van der Waals surface area contributed by atoms with Gasteiger partial charge in [-0.15, -0.1) is 0 Å². The van der Waals surface area contributed by atoms with E-state index >= 15 is 0 Å². The van der Waals surface area contributed by atoms with E-state index in [4.69, 9.17) is 9.47 Å². The summed E-state index contributed by atoms with van der Waals surface area (Å²) in [7, 11) is 3.38. The lowest BCUT2D eigenvalue weighted by molar-refractivity contribution is -0.143. The van der Waals surface area contributed by atoms with Crippen molar-refractivity contribution in [2.45, 2.75) is 45.3 Å². The number of allylic oxidation sites excluding steroid dienone is 4. The third-order valence-corrected chi connectivity index (χ3v) is 3.24. The quantitative estimate of drug-likeness (QED) is 0.649. The van der Waals surface area contributed by atoms with E-state index in [2.05, 4.69) is 26.0 Å². The van der Waals surface area contributed by atoms with E-state index in [-0.39, 0.29) is 0 Å². The summed E-state index contributed by atoms with van der Waals surface area (Å²) in [5.74, 6) is -0.681. The summed E-state index contributed by atoms with van der Waals surface area (Å²) in [4.78, 5) is 0. The van der Waals surface area contributed by atoms with Crippen molar-refractivity contribution in [2.75, 3.05) is 14.2 Å². The molecule has 0 atom stereocenters. The SMILES string of the molecule is CCCCC1=CC=CC(OC)(OC)C(CC)=C1. The van der Waals surface area contributed by atoms with Crippen molar-refractivity contribution in [1.29, 1.82) is 0 Å². The Morgan fingerprint density at radius 3 is 2.41 bits per heavy atom. The standard InChI is InChI=1S/C15H24O2/c1-5-7-9-13-10-8-11-15(16-3,17-4)14(6-2)12-13/h8,10-12H,5-7,9H2,1-4H3. The van der Waals surface area contributed by atoms with Crippen LogP contribution in [-0.2, 0) is 9.47 Å². The largest absolute Gasteiger partial charge is 0.346 e. The van der Waals surface area contributed by atoms with Crippen LogP contribution in [0.15, 0.2) is 35.5 Å². The van der Waals surface area contributed by atoms with Crippen molar-refractivity contribution in [1.82, 2.24) is 0 Å². The lowest BCUT2D eigenvalue weighted by atomic mass is 9.99. The molecule has 0 aliphatic heterocycles. The summed E-state index contributed by atoms with van der Waals surface area (Å²) in [6, 6.07) is 0. The summed E-state index contributed by atoms with van der Waals surface area (Å²) in [5.41, 5.74) is 2.54. The maximum absolute atomic E-state index is 5.55. The van der Waals surface area contributed by atoms with Crippen LogP contribution in [0.5, 0.6) is 0 Å². The van der Waals surface area contributed by atoms with Crippen LogP contribution in [0.1, 0.15) is 39.5 Å². The molecule has 0 bridgehead atoms. The Hall–Kier alpha value is -0.860. The third-order valence-electron chi connectivity index (χ3n) is 3.24. The number of rotatable bonds is 6. The highest BCUT2D eigenvalue weighted by atomic mass is 16.7. The molecule has 0 amide bonds. The van der Waals surface area contributed by atoms with Gasteiger partial charge < -0.3 is 9.47 Å². The van der Waals surface area contributed by atoms with Crippen molar-refractivity contribution in [3.05, 3.63) is 35.5 Å². The Balaban J connectivity index is 2.97. The first-order chi connectivity index (χ1) is 8.22. The summed E-state index contributed by atoms with van der Waals surface area (Å²) in [6.07, 6.45) is 12.9. The number of ether oxygens (including phenoxy) is 2. The second kappa shape index (κ2) is 6.77.